The molecule has 0 radical (unpaired) electrons. The predicted octanol–water partition coefficient (Wildman–Crippen LogP) is 3.19. The van der Waals surface area contributed by atoms with Crippen LogP contribution in [0.1, 0.15) is 24.6 Å². The van der Waals surface area contributed by atoms with Crippen LogP contribution in [0.5, 0.6) is 0 Å². The van der Waals surface area contributed by atoms with Crippen LogP contribution in [0.2, 0.25) is 5.02 Å². The highest BCUT2D eigenvalue weighted by molar-refractivity contribution is 7.89. The highest BCUT2D eigenvalue weighted by atomic mass is 35.5. The second-order valence-electron chi connectivity index (χ2n) is 5.70. The van der Waals surface area contributed by atoms with Gasteiger partial charge in [0, 0.05) is 6.54 Å². The minimum atomic E-state index is -3.78. The number of hydrogen-bond donors (Lipinski definition) is 1. The van der Waals surface area contributed by atoms with Crippen molar-refractivity contribution < 1.29 is 17.2 Å². The smallest absolute Gasteiger partial charge is 0.240 e. The zero-order valence-electron chi connectivity index (χ0n) is 12.9. The molecular weight excluding hydrogens is 355 g/mol. The Hall–Kier alpha value is -1.41. The van der Waals surface area contributed by atoms with Crippen molar-refractivity contribution in [3.63, 3.8) is 0 Å². The summed E-state index contributed by atoms with van der Waals surface area (Å²) in [6.45, 7) is 1.97. The third-order valence-electron chi connectivity index (χ3n) is 4.12. The molecule has 0 unspecified atom stereocenters. The first-order valence-corrected chi connectivity index (χ1v) is 9.56. The lowest BCUT2D eigenvalue weighted by Crippen LogP contribution is -2.36. The van der Waals surface area contributed by atoms with Gasteiger partial charge in [-0.1, -0.05) is 11.6 Å². The quantitative estimate of drug-likeness (QED) is 0.845. The Morgan fingerprint density at radius 3 is 2.67 bits per heavy atom. The van der Waals surface area contributed by atoms with Crippen molar-refractivity contribution in [3.8, 4) is 0 Å². The largest absolute Gasteiger partial charge is 0.468 e. The normalized spacial score (nSPS) is 17.2. The molecule has 1 aromatic heterocycles. The maximum Gasteiger partial charge on any atom is 0.240 e. The van der Waals surface area contributed by atoms with Gasteiger partial charge in [-0.15, -0.1) is 0 Å². The lowest BCUT2D eigenvalue weighted by molar-refractivity contribution is 0.216. The summed E-state index contributed by atoms with van der Waals surface area (Å²) < 4.78 is 46.2. The van der Waals surface area contributed by atoms with E-state index in [9.17, 15) is 12.8 Å². The molecule has 1 atom stereocenters. The molecule has 5 nitrogen and oxygen atoms in total. The average Bonchev–Trinajstić information content (AvgIpc) is 3.24. The van der Waals surface area contributed by atoms with Gasteiger partial charge in [0.1, 0.15) is 11.6 Å². The van der Waals surface area contributed by atoms with Gasteiger partial charge >= 0.3 is 0 Å². The van der Waals surface area contributed by atoms with Crippen LogP contribution in [0.3, 0.4) is 0 Å². The Balaban J connectivity index is 1.76. The van der Waals surface area contributed by atoms with Crippen LogP contribution < -0.4 is 4.72 Å². The number of hydrogen-bond acceptors (Lipinski definition) is 4. The van der Waals surface area contributed by atoms with Crippen molar-refractivity contribution in [2.45, 2.75) is 23.8 Å². The van der Waals surface area contributed by atoms with Crippen molar-refractivity contribution in [2.24, 2.45) is 0 Å². The molecule has 3 rings (SSSR count). The summed E-state index contributed by atoms with van der Waals surface area (Å²) in [5, 5.41) is -0.222. The van der Waals surface area contributed by atoms with E-state index in [0.29, 0.717) is 0 Å². The summed E-state index contributed by atoms with van der Waals surface area (Å²) in [5.74, 6) is 0.0675. The van der Waals surface area contributed by atoms with E-state index >= 15 is 0 Å². The van der Waals surface area contributed by atoms with E-state index in [1.54, 1.807) is 12.3 Å². The summed E-state index contributed by atoms with van der Waals surface area (Å²) >= 11 is 5.68. The molecule has 1 aromatic carbocycles. The zero-order valence-corrected chi connectivity index (χ0v) is 14.5. The number of furan rings is 1. The molecule has 0 spiro atoms. The third kappa shape index (κ3) is 3.80. The Morgan fingerprint density at radius 1 is 1.29 bits per heavy atom. The van der Waals surface area contributed by atoms with Crippen LogP contribution in [0.15, 0.2) is 45.9 Å². The Labute approximate surface area is 145 Å². The third-order valence-corrected chi connectivity index (χ3v) is 5.83. The van der Waals surface area contributed by atoms with Crippen molar-refractivity contribution in [1.82, 2.24) is 9.62 Å². The molecule has 2 heterocycles. The van der Waals surface area contributed by atoms with E-state index in [-0.39, 0.29) is 22.5 Å². The summed E-state index contributed by atoms with van der Waals surface area (Å²) in [4.78, 5) is 2.13. The number of nitrogens with one attached hydrogen (secondary N) is 1. The molecule has 130 valence electrons. The van der Waals surface area contributed by atoms with E-state index in [1.807, 2.05) is 6.07 Å². The Morgan fingerprint density at radius 2 is 2.04 bits per heavy atom. The number of nitrogens with zero attached hydrogens (tertiary/aromatic N) is 1. The van der Waals surface area contributed by atoms with Crippen molar-refractivity contribution in [3.05, 3.63) is 53.2 Å². The van der Waals surface area contributed by atoms with Gasteiger partial charge in [0.25, 0.3) is 0 Å². The predicted molar refractivity (Wildman–Crippen MR) is 88.9 cm³/mol. The highest BCUT2D eigenvalue weighted by Gasteiger charge is 2.27. The van der Waals surface area contributed by atoms with Gasteiger partial charge in [-0.05, 0) is 56.3 Å². The van der Waals surface area contributed by atoms with Gasteiger partial charge in [0.05, 0.1) is 22.2 Å². The fourth-order valence-corrected chi connectivity index (χ4v) is 4.17. The minimum absolute atomic E-state index is 0.0616. The molecule has 0 amide bonds. The monoisotopic (exact) mass is 372 g/mol. The lowest BCUT2D eigenvalue weighted by atomic mass is 10.2. The van der Waals surface area contributed by atoms with Crippen molar-refractivity contribution in [1.29, 1.82) is 0 Å². The van der Waals surface area contributed by atoms with E-state index in [0.717, 1.165) is 43.8 Å². The van der Waals surface area contributed by atoms with E-state index in [1.165, 1.54) is 6.07 Å². The number of sulfonamides is 1. The number of likely N-dealkylation sites (tertiary alicyclic amines) is 1. The Kier molecular flexibility index (Phi) is 5.24. The zero-order chi connectivity index (χ0) is 17.2. The van der Waals surface area contributed by atoms with Gasteiger partial charge in [-0.25, -0.2) is 17.5 Å². The average molecular weight is 373 g/mol. The maximum atomic E-state index is 13.2. The van der Waals surface area contributed by atoms with Gasteiger partial charge in [0.15, 0.2) is 0 Å². The number of benzene rings is 1. The molecule has 1 saturated heterocycles. The Bertz CT molecular complexity index is 790. The van der Waals surface area contributed by atoms with Crippen LogP contribution >= 0.6 is 11.6 Å². The van der Waals surface area contributed by atoms with Crippen LogP contribution in [0.25, 0.3) is 0 Å². The second kappa shape index (κ2) is 7.23. The fourth-order valence-electron chi connectivity index (χ4n) is 2.86. The van der Waals surface area contributed by atoms with E-state index in [4.69, 9.17) is 16.0 Å². The van der Waals surface area contributed by atoms with Gasteiger partial charge in [-0.3, -0.25) is 4.90 Å². The molecular formula is C16H18ClFN2O3S. The van der Waals surface area contributed by atoms with Crippen molar-refractivity contribution >= 4 is 21.6 Å². The summed E-state index contributed by atoms with van der Waals surface area (Å²) in [6, 6.07) is 6.80. The first-order chi connectivity index (χ1) is 11.5. The topological polar surface area (TPSA) is 62.6 Å². The SMILES string of the molecule is O=S(=O)(NC[C@H](c1ccco1)N1CCCC1)c1ccc(F)c(Cl)c1. The highest BCUT2D eigenvalue weighted by Crippen LogP contribution is 2.26. The molecule has 24 heavy (non-hydrogen) atoms. The molecule has 1 N–H and O–H groups in total. The molecule has 1 aliphatic rings. The first-order valence-electron chi connectivity index (χ1n) is 7.69. The number of halogens is 2. The van der Waals surface area contributed by atoms with Gasteiger partial charge < -0.3 is 4.42 Å². The molecule has 1 aliphatic heterocycles. The van der Waals surface area contributed by atoms with Crippen LogP contribution in [0, 0.1) is 5.82 Å². The standard InChI is InChI=1S/C16H18ClFN2O3S/c17-13-10-12(5-6-14(13)18)24(21,22)19-11-15(16-4-3-9-23-16)20-7-1-2-8-20/h3-6,9-10,15,19H,1-2,7-8,11H2/t15-/m1/s1. The summed E-state index contributed by atoms with van der Waals surface area (Å²) in [5.41, 5.74) is 0. The van der Waals surface area contributed by atoms with Crippen LogP contribution in [-0.2, 0) is 10.0 Å². The fraction of sp³-hybridized carbons (Fsp3) is 0.375. The van der Waals surface area contributed by atoms with Crippen LogP contribution in [-0.4, -0.2) is 33.0 Å². The molecule has 8 heteroatoms. The summed E-state index contributed by atoms with van der Waals surface area (Å²) in [7, 11) is -3.78. The second-order valence-corrected chi connectivity index (χ2v) is 7.88. The molecule has 0 aliphatic carbocycles. The number of rotatable bonds is 6. The molecule has 1 fully saturated rings. The van der Waals surface area contributed by atoms with E-state index < -0.39 is 15.8 Å². The summed E-state index contributed by atoms with van der Waals surface area (Å²) in [6.07, 6.45) is 3.74. The van der Waals surface area contributed by atoms with Gasteiger partial charge in [-0.2, -0.15) is 0 Å². The van der Waals surface area contributed by atoms with Gasteiger partial charge in [0.2, 0.25) is 10.0 Å². The minimum Gasteiger partial charge on any atom is -0.468 e. The molecule has 0 bridgehead atoms. The van der Waals surface area contributed by atoms with Crippen molar-refractivity contribution in [2.75, 3.05) is 19.6 Å². The van der Waals surface area contributed by atoms with Crippen LogP contribution in [0.4, 0.5) is 4.39 Å². The lowest BCUT2D eigenvalue weighted by Gasteiger charge is -2.26. The molecule has 2 aromatic rings. The first kappa shape index (κ1) is 17.4. The van der Waals surface area contributed by atoms with E-state index in [2.05, 4.69) is 9.62 Å². The molecule has 0 saturated carbocycles. The maximum absolute atomic E-state index is 13.2.